The molecule has 0 spiro atoms. The van der Waals surface area contributed by atoms with E-state index in [1.807, 2.05) is 42.5 Å². The van der Waals surface area contributed by atoms with Gasteiger partial charge in [-0.2, -0.15) is 5.10 Å². The molecule has 7 heteroatoms. The van der Waals surface area contributed by atoms with Gasteiger partial charge in [0.2, 0.25) is 5.91 Å². The van der Waals surface area contributed by atoms with Crippen LogP contribution in [0, 0.1) is 0 Å². The van der Waals surface area contributed by atoms with Gasteiger partial charge in [-0.05, 0) is 42.5 Å². The Balaban J connectivity index is 1.32. The van der Waals surface area contributed by atoms with Crippen LogP contribution in [0.5, 0.6) is 0 Å². The number of amides is 1. The second kappa shape index (κ2) is 8.18. The molecule has 0 saturated heterocycles. The number of nitrogens with one attached hydrogen (secondary N) is 2. The summed E-state index contributed by atoms with van der Waals surface area (Å²) in [4.78, 5) is 32.5. The van der Waals surface area contributed by atoms with E-state index in [4.69, 9.17) is 0 Å². The summed E-state index contributed by atoms with van der Waals surface area (Å²) in [5.41, 5.74) is 3.59. The summed E-state index contributed by atoms with van der Waals surface area (Å²) in [7, 11) is 0. The number of hydrogen-bond donors (Lipinski definition) is 2. The number of aromatic amines is 1. The van der Waals surface area contributed by atoms with E-state index in [2.05, 4.69) is 32.5 Å². The zero-order valence-electron chi connectivity index (χ0n) is 17.0. The molecule has 0 bridgehead atoms. The van der Waals surface area contributed by atoms with E-state index in [0.29, 0.717) is 23.3 Å². The fourth-order valence-electron chi connectivity index (χ4n) is 4.24. The second-order valence-electron chi connectivity index (χ2n) is 7.85. The molecule has 7 nitrogen and oxygen atoms in total. The van der Waals surface area contributed by atoms with Crippen molar-refractivity contribution in [3.8, 4) is 5.69 Å². The van der Waals surface area contributed by atoms with E-state index in [-0.39, 0.29) is 23.9 Å². The normalized spacial score (nSPS) is 15.5. The summed E-state index contributed by atoms with van der Waals surface area (Å²) < 4.78 is 1.65. The largest absolute Gasteiger partial charge is 0.349 e. The first kappa shape index (κ1) is 19.2. The van der Waals surface area contributed by atoms with Crippen molar-refractivity contribution in [2.45, 2.75) is 38.1 Å². The molecule has 1 aliphatic carbocycles. The minimum Gasteiger partial charge on any atom is -0.349 e. The van der Waals surface area contributed by atoms with Crippen LogP contribution in [-0.4, -0.2) is 25.7 Å². The molecule has 31 heavy (non-hydrogen) atoms. The molecule has 4 aromatic rings. The summed E-state index contributed by atoms with van der Waals surface area (Å²) in [5.74, 6) is 0.440. The number of aryl methyl sites for hydroxylation is 2. The first-order valence-electron chi connectivity index (χ1n) is 10.6. The number of fused-ring (bicyclic) bond motifs is 2. The fraction of sp³-hybridized carbons (Fsp3) is 0.250. The first-order valence-corrected chi connectivity index (χ1v) is 10.6. The van der Waals surface area contributed by atoms with E-state index in [0.717, 1.165) is 24.9 Å². The van der Waals surface area contributed by atoms with Crippen LogP contribution in [0.15, 0.2) is 65.6 Å². The summed E-state index contributed by atoms with van der Waals surface area (Å²) in [5, 5.41) is 7.90. The monoisotopic (exact) mass is 413 g/mol. The van der Waals surface area contributed by atoms with Gasteiger partial charge in [0.1, 0.15) is 11.2 Å². The van der Waals surface area contributed by atoms with Crippen LogP contribution in [0.3, 0.4) is 0 Å². The minimum atomic E-state index is -0.246. The van der Waals surface area contributed by atoms with Gasteiger partial charge < -0.3 is 10.3 Å². The summed E-state index contributed by atoms with van der Waals surface area (Å²) in [6.07, 6.45) is 5.20. The number of hydrogen-bond acceptors (Lipinski definition) is 4. The van der Waals surface area contributed by atoms with Crippen molar-refractivity contribution in [2.24, 2.45) is 0 Å². The molecule has 0 fully saturated rings. The predicted molar refractivity (Wildman–Crippen MR) is 118 cm³/mol. The summed E-state index contributed by atoms with van der Waals surface area (Å²) in [6.45, 7) is 0. The fourth-order valence-corrected chi connectivity index (χ4v) is 4.24. The molecular formula is C24H23N5O2. The van der Waals surface area contributed by atoms with Gasteiger partial charge in [-0.1, -0.05) is 42.5 Å². The highest BCUT2D eigenvalue weighted by Crippen LogP contribution is 2.29. The molecule has 0 saturated carbocycles. The maximum atomic E-state index is 12.6. The lowest BCUT2D eigenvalue weighted by molar-refractivity contribution is -0.121. The van der Waals surface area contributed by atoms with Gasteiger partial charge in [0.15, 0.2) is 5.65 Å². The van der Waals surface area contributed by atoms with Crippen LogP contribution in [0.4, 0.5) is 0 Å². The number of nitrogens with zero attached hydrogens (tertiary/aromatic N) is 3. The topological polar surface area (TPSA) is 92.7 Å². The van der Waals surface area contributed by atoms with Crippen molar-refractivity contribution in [1.29, 1.82) is 0 Å². The zero-order valence-corrected chi connectivity index (χ0v) is 17.0. The van der Waals surface area contributed by atoms with Crippen LogP contribution in [0.2, 0.25) is 0 Å². The molecule has 0 radical (unpaired) electrons. The quantitative estimate of drug-likeness (QED) is 0.525. The number of aromatic nitrogens is 4. The Bertz CT molecular complexity index is 1290. The van der Waals surface area contributed by atoms with Crippen LogP contribution in [0.25, 0.3) is 16.7 Å². The van der Waals surface area contributed by atoms with Crippen molar-refractivity contribution in [2.75, 3.05) is 0 Å². The number of carbonyl (C=O) groups is 1. The molecule has 1 atom stereocenters. The maximum absolute atomic E-state index is 12.6. The van der Waals surface area contributed by atoms with E-state index >= 15 is 0 Å². The highest BCUT2D eigenvalue weighted by atomic mass is 16.1. The summed E-state index contributed by atoms with van der Waals surface area (Å²) >= 11 is 0. The number of para-hydroxylation sites is 1. The Hall–Kier alpha value is -3.74. The Kier molecular flexibility index (Phi) is 5.08. The van der Waals surface area contributed by atoms with E-state index < -0.39 is 0 Å². The highest BCUT2D eigenvalue weighted by molar-refractivity contribution is 5.77. The van der Waals surface area contributed by atoms with Gasteiger partial charge >= 0.3 is 0 Å². The highest BCUT2D eigenvalue weighted by Gasteiger charge is 2.21. The van der Waals surface area contributed by atoms with Crippen molar-refractivity contribution in [3.63, 3.8) is 0 Å². The Morgan fingerprint density at radius 2 is 1.94 bits per heavy atom. The molecule has 2 aromatic heterocycles. The first-order chi connectivity index (χ1) is 15.2. The van der Waals surface area contributed by atoms with Crippen molar-refractivity contribution in [3.05, 3.63) is 88.1 Å². The van der Waals surface area contributed by atoms with E-state index in [1.54, 1.807) is 4.68 Å². The van der Waals surface area contributed by atoms with Crippen molar-refractivity contribution >= 4 is 16.9 Å². The molecule has 156 valence electrons. The molecule has 2 aromatic carbocycles. The van der Waals surface area contributed by atoms with Gasteiger partial charge in [0, 0.05) is 12.8 Å². The third-order valence-electron chi connectivity index (χ3n) is 5.78. The Morgan fingerprint density at radius 3 is 2.81 bits per heavy atom. The Labute approximate surface area is 179 Å². The lowest BCUT2D eigenvalue weighted by Crippen LogP contribution is -2.31. The molecule has 1 amide bonds. The van der Waals surface area contributed by atoms with Crippen LogP contribution >= 0.6 is 0 Å². The van der Waals surface area contributed by atoms with E-state index in [9.17, 15) is 9.59 Å². The van der Waals surface area contributed by atoms with E-state index in [1.165, 1.54) is 17.3 Å². The smallest absolute Gasteiger partial charge is 0.262 e. The number of carbonyl (C=O) groups excluding carboxylic acids is 1. The lowest BCUT2D eigenvalue weighted by Gasteiger charge is -2.26. The van der Waals surface area contributed by atoms with Gasteiger partial charge in [0.05, 0.1) is 17.9 Å². The average Bonchev–Trinajstić information content (AvgIpc) is 3.23. The molecule has 5 rings (SSSR count). The molecule has 1 unspecified atom stereocenters. The van der Waals surface area contributed by atoms with Gasteiger partial charge in [0.25, 0.3) is 5.56 Å². The molecule has 2 heterocycles. The van der Waals surface area contributed by atoms with Crippen LogP contribution in [0.1, 0.15) is 42.3 Å². The average molecular weight is 413 g/mol. The third kappa shape index (κ3) is 3.86. The van der Waals surface area contributed by atoms with Gasteiger partial charge in [-0.15, -0.1) is 0 Å². The standard InChI is InChI=1S/C24H23N5O2/c30-22(26-20-12-6-8-16-7-4-5-11-18(16)20)14-13-21-27-23-19(24(31)28-21)15-25-29(23)17-9-2-1-3-10-17/h1-5,7,9-11,15,20H,6,8,12-14H2,(H,26,30)(H,27,28,31). The SMILES string of the molecule is O=C(CCc1nc2c(cnn2-c2ccccc2)c(=O)[nH]1)NC1CCCc2ccccc21. The molecular weight excluding hydrogens is 390 g/mol. The van der Waals surface area contributed by atoms with Crippen LogP contribution < -0.4 is 10.9 Å². The van der Waals surface area contributed by atoms with Gasteiger partial charge in [-0.3, -0.25) is 9.59 Å². The zero-order chi connectivity index (χ0) is 21.2. The van der Waals surface area contributed by atoms with Crippen molar-refractivity contribution in [1.82, 2.24) is 25.1 Å². The molecule has 1 aliphatic rings. The van der Waals surface area contributed by atoms with Crippen LogP contribution in [-0.2, 0) is 17.6 Å². The molecule has 2 N–H and O–H groups in total. The third-order valence-corrected chi connectivity index (χ3v) is 5.78. The molecule has 0 aliphatic heterocycles. The second-order valence-corrected chi connectivity index (χ2v) is 7.85. The number of benzene rings is 2. The number of rotatable bonds is 5. The summed E-state index contributed by atoms with van der Waals surface area (Å²) in [6, 6.07) is 17.9. The minimum absolute atomic E-state index is 0.0407. The number of H-pyrrole nitrogens is 1. The lowest BCUT2D eigenvalue weighted by atomic mass is 9.87. The maximum Gasteiger partial charge on any atom is 0.262 e. The van der Waals surface area contributed by atoms with Crippen molar-refractivity contribution < 1.29 is 4.79 Å². The Morgan fingerprint density at radius 1 is 1.13 bits per heavy atom. The predicted octanol–water partition coefficient (Wildman–Crippen LogP) is 3.24. The van der Waals surface area contributed by atoms with Gasteiger partial charge in [-0.25, -0.2) is 9.67 Å².